The van der Waals surface area contributed by atoms with E-state index in [-0.39, 0.29) is 11.5 Å². The molecule has 3 heteroatoms. The molecule has 6 atom stereocenters. The molecule has 4 aliphatic rings. The maximum Gasteiger partial charge on any atom is 0.0854 e. The first-order valence-corrected chi connectivity index (χ1v) is 8.55. The fourth-order valence-electron chi connectivity index (χ4n) is 6.00. The van der Waals surface area contributed by atoms with Gasteiger partial charge in [-0.1, -0.05) is 18.6 Å². The molecule has 0 aromatic heterocycles. The van der Waals surface area contributed by atoms with E-state index >= 15 is 0 Å². The zero-order valence-electron chi connectivity index (χ0n) is 12.8. The highest BCUT2D eigenvalue weighted by Crippen LogP contribution is 2.61. The number of fused-ring (bicyclic) bond motifs is 5. The van der Waals surface area contributed by atoms with Crippen LogP contribution in [0.2, 0.25) is 0 Å². The van der Waals surface area contributed by atoms with Crippen LogP contribution in [-0.4, -0.2) is 11.2 Å². The molecule has 0 aromatic rings. The molecule has 1 N–H and O–H groups in total. The van der Waals surface area contributed by atoms with Gasteiger partial charge in [0.25, 0.3) is 0 Å². The number of nitrogens with zero attached hydrogens (tertiary/aromatic N) is 1. The molecular formula is C18H25NO2. The quantitative estimate of drug-likeness (QED) is 0.735. The van der Waals surface area contributed by atoms with E-state index in [0.29, 0.717) is 17.8 Å². The van der Waals surface area contributed by atoms with Crippen molar-refractivity contribution >= 4 is 0 Å². The third-order valence-electron chi connectivity index (χ3n) is 7.18. The predicted molar refractivity (Wildman–Crippen MR) is 82.4 cm³/mol. The largest absolute Gasteiger partial charge is 0.393 e. The van der Waals surface area contributed by atoms with Gasteiger partial charge in [-0.05, 0) is 85.3 Å². The average Bonchev–Trinajstić information content (AvgIpc) is 2.82. The lowest BCUT2D eigenvalue weighted by Crippen LogP contribution is -2.46. The van der Waals surface area contributed by atoms with E-state index in [2.05, 4.69) is 18.2 Å². The summed E-state index contributed by atoms with van der Waals surface area (Å²) >= 11 is 0. The Kier molecular flexibility index (Phi) is 3.11. The Hall–Kier alpha value is -0.960. The zero-order chi connectivity index (χ0) is 14.6. The molecule has 0 radical (unpaired) electrons. The highest BCUT2D eigenvalue weighted by Gasteiger charge is 2.55. The van der Waals surface area contributed by atoms with Gasteiger partial charge in [-0.3, -0.25) is 0 Å². The van der Waals surface area contributed by atoms with Crippen LogP contribution in [0.4, 0.5) is 0 Å². The average molecular weight is 287 g/mol. The van der Waals surface area contributed by atoms with Crippen LogP contribution in [0.15, 0.2) is 28.6 Å². The lowest BCUT2D eigenvalue weighted by atomic mass is 9.53. The summed E-state index contributed by atoms with van der Waals surface area (Å²) in [5.41, 5.74) is 2.47. The van der Waals surface area contributed by atoms with Crippen LogP contribution in [0, 0.1) is 34.0 Å². The Balaban J connectivity index is 1.64. The SMILES string of the molecule is CC12CCC3C4=CC=C(N=O)CC4CCC3C1CCC2O. The van der Waals surface area contributed by atoms with E-state index < -0.39 is 0 Å². The zero-order valence-corrected chi connectivity index (χ0v) is 12.8. The van der Waals surface area contributed by atoms with Crippen molar-refractivity contribution in [2.24, 2.45) is 34.3 Å². The normalized spacial score (nSPS) is 48.6. The van der Waals surface area contributed by atoms with Crippen molar-refractivity contribution in [3.63, 3.8) is 0 Å². The van der Waals surface area contributed by atoms with Crippen LogP contribution in [-0.2, 0) is 0 Å². The third kappa shape index (κ3) is 1.89. The van der Waals surface area contributed by atoms with Crippen LogP contribution >= 0.6 is 0 Å². The van der Waals surface area contributed by atoms with Crippen LogP contribution in [0.3, 0.4) is 0 Å². The first kappa shape index (κ1) is 13.7. The standard InChI is InChI=1S/C18H25NO2/c1-18-9-8-14-13-5-3-12(19-21)10-11(13)2-4-15(14)16(18)6-7-17(18)20/h3,5,11,14-17,20H,2,4,6-10H2,1H3. The second kappa shape index (κ2) is 4.77. The number of nitroso groups, excluding NO2 is 1. The van der Waals surface area contributed by atoms with Gasteiger partial charge in [-0.15, -0.1) is 4.91 Å². The Morgan fingerprint density at radius 3 is 2.86 bits per heavy atom. The van der Waals surface area contributed by atoms with Crippen molar-refractivity contribution in [1.29, 1.82) is 0 Å². The summed E-state index contributed by atoms with van der Waals surface area (Å²) in [4.78, 5) is 10.8. The second-order valence-corrected chi connectivity index (χ2v) is 7.91. The van der Waals surface area contributed by atoms with Crippen LogP contribution in [0.25, 0.3) is 0 Å². The van der Waals surface area contributed by atoms with E-state index in [4.69, 9.17) is 0 Å². The Bertz CT molecular complexity index is 523. The number of hydrogen-bond donors (Lipinski definition) is 1. The van der Waals surface area contributed by atoms with Crippen molar-refractivity contribution in [3.8, 4) is 0 Å². The highest BCUT2D eigenvalue weighted by molar-refractivity contribution is 5.30. The fraction of sp³-hybridized carbons (Fsp3) is 0.778. The molecule has 0 amide bonds. The summed E-state index contributed by atoms with van der Waals surface area (Å²) in [6.45, 7) is 2.32. The van der Waals surface area contributed by atoms with Gasteiger partial charge in [-0.2, -0.15) is 0 Å². The van der Waals surface area contributed by atoms with Crippen LogP contribution in [0.5, 0.6) is 0 Å². The minimum absolute atomic E-state index is 0.0905. The first-order chi connectivity index (χ1) is 10.1. The summed E-state index contributed by atoms with van der Waals surface area (Å²) in [5, 5.41) is 13.6. The molecule has 0 aromatic carbocycles. The third-order valence-corrected chi connectivity index (χ3v) is 7.18. The maximum atomic E-state index is 10.8. The van der Waals surface area contributed by atoms with E-state index in [9.17, 15) is 10.0 Å². The minimum Gasteiger partial charge on any atom is -0.393 e. The Morgan fingerprint density at radius 2 is 2.05 bits per heavy atom. The summed E-state index contributed by atoms with van der Waals surface area (Å²) in [5.74, 6) is 2.70. The number of rotatable bonds is 1. The lowest BCUT2D eigenvalue weighted by Gasteiger charge is -2.52. The van der Waals surface area contributed by atoms with Crippen molar-refractivity contribution < 1.29 is 5.11 Å². The molecule has 3 fully saturated rings. The smallest absolute Gasteiger partial charge is 0.0854 e. The lowest BCUT2D eigenvalue weighted by molar-refractivity contribution is -0.0373. The van der Waals surface area contributed by atoms with E-state index in [0.717, 1.165) is 30.9 Å². The van der Waals surface area contributed by atoms with Crippen molar-refractivity contribution in [3.05, 3.63) is 28.3 Å². The van der Waals surface area contributed by atoms with Gasteiger partial charge in [0.2, 0.25) is 0 Å². The highest BCUT2D eigenvalue weighted by atomic mass is 16.3. The van der Waals surface area contributed by atoms with Gasteiger partial charge in [0.1, 0.15) is 0 Å². The Labute approximate surface area is 126 Å². The van der Waals surface area contributed by atoms with E-state index in [1.165, 1.54) is 25.7 Å². The van der Waals surface area contributed by atoms with Crippen molar-refractivity contribution in [1.82, 2.24) is 0 Å². The van der Waals surface area contributed by atoms with Gasteiger partial charge in [-0.25, -0.2) is 0 Å². The van der Waals surface area contributed by atoms with Gasteiger partial charge < -0.3 is 5.11 Å². The molecule has 0 bridgehead atoms. The molecule has 6 unspecified atom stereocenters. The van der Waals surface area contributed by atoms with Gasteiger partial charge in [0.05, 0.1) is 11.8 Å². The molecule has 0 saturated heterocycles. The number of hydrogen-bond acceptors (Lipinski definition) is 3. The fourth-order valence-corrected chi connectivity index (χ4v) is 6.00. The molecule has 3 nitrogen and oxygen atoms in total. The molecule has 3 saturated carbocycles. The van der Waals surface area contributed by atoms with Crippen molar-refractivity contribution in [2.75, 3.05) is 0 Å². The maximum absolute atomic E-state index is 10.8. The molecule has 21 heavy (non-hydrogen) atoms. The molecular weight excluding hydrogens is 262 g/mol. The minimum atomic E-state index is -0.0905. The first-order valence-electron chi connectivity index (χ1n) is 8.55. The predicted octanol–water partition coefficient (Wildman–Crippen LogP) is 4.18. The molecule has 0 spiro atoms. The van der Waals surface area contributed by atoms with E-state index in [1.807, 2.05) is 6.08 Å². The van der Waals surface area contributed by atoms with Gasteiger partial charge in [0, 0.05) is 0 Å². The number of allylic oxidation sites excluding steroid dienone is 4. The molecule has 0 heterocycles. The molecule has 114 valence electrons. The molecule has 0 aliphatic heterocycles. The van der Waals surface area contributed by atoms with Crippen molar-refractivity contribution in [2.45, 2.75) is 58.0 Å². The van der Waals surface area contributed by atoms with Crippen LogP contribution in [0.1, 0.15) is 51.9 Å². The number of aliphatic hydroxyl groups is 1. The van der Waals surface area contributed by atoms with Crippen LogP contribution < -0.4 is 0 Å². The van der Waals surface area contributed by atoms with E-state index in [1.54, 1.807) is 5.57 Å². The Morgan fingerprint density at radius 1 is 1.19 bits per heavy atom. The summed E-state index contributed by atoms with van der Waals surface area (Å²) in [6.07, 6.45) is 11.9. The number of aliphatic hydroxyl groups excluding tert-OH is 1. The molecule has 4 aliphatic carbocycles. The summed E-state index contributed by atoms with van der Waals surface area (Å²) < 4.78 is 0. The van der Waals surface area contributed by atoms with Gasteiger partial charge >= 0.3 is 0 Å². The summed E-state index contributed by atoms with van der Waals surface area (Å²) in [6, 6.07) is 0. The monoisotopic (exact) mass is 287 g/mol. The van der Waals surface area contributed by atoms with Gasteiger partial charge in [0.15, 0.2) is 0 Å². The summed E-state index contributed by atoms with van der Waals surface area (Å²) in [7, 11) is 0. The second-order valence-electron chi connectivity index (χ2n) is 7.91. The molecule has 4 rings (SSSR count). The topological polar surface area (TPSA) is 49.7 Å².